The molecule has 0 radical (unpaired) electrons. The van der Waals surface area contributed by atoms with Crippen molar-refractivity contribution >= 4 is 11.7 Å². The van der Waals surface area contributed by atoms with Crippen molar-refractivity contribution < 1.29 is 9.90 Å². The zero-order valence-corrected chi connectivity index (χ0v) is 11.1. The number of nitrogens with zero attached hydrogens (tertiary/aromatic N) is 1. The van der Waals surface area contributed by atoms with Crippen LogP contribution in [0.4, 0.5) is 5.69 Å². The first-order valence-corrected chi connectivity index (χ1v) is 6.16. The fraction of sp³-hybridized carbons (Fsp3) is 0.188. The third-order valence-corrected chi connectivity index (χ3v) is 3.07. The average molecular weight is 255 g/mol. The molecule has 98 valence electrons. The molecule has 19 heavy (non-hydrogen) atoms. The fourth-order valence-electron chi connectivity index (χ4n) is 1.94. The maximum Gasteiger partial charge on any atom is 0.335 e. The highest BCUT2D eigenvalue weighted by atomic mass is 16.4. The minimum absolute atomic E-state index is 0.313. The molecule has 2 aromatic rings. The van der Waals surface area contributed by atoms with E-state index in [-0.39, 0.29) is 0 Å². The molecule has 0 heterocycles. The molecule has 3 nitrogen and oxygen atoms in total. The van der Waals surface area contributed by atoms with Crippen LogP contribution < -0.4 is 4.90 Å². The van der Waals surface area contributed by atoms with Crippen molar-refractivity contribution in [1.29, 1.82) is 0 Å². The molecule has 0 atom stereocenters. The van der Waals surface area contributed by atoms with Crippen molar-refractivity contribution in [2.24, 2.45) is 0 Å². The molecule has 0 unspecified atom stereocenters. The van der Waals surface area contributed by atoms with Gasteiger partial charge in [-0.25, -0.2) is 4.79 Å². The van der Waals surface area contributed by atoms with Gasteiger partial charge < -0.3 is 10.0 Å². The van der Waals surface area contributed by atoms with Crippen molar-refractivity contribution in [1.82, 2.24) is 0 Å². The summed E-state index contributed by atoms with van der Waals surface area (Å²) in [6.45, 7) is 2.81. The molecule has 0 bridgehead atoms. The average Bonchev–Trinajstić information content (AvgIpc) is 2.41. The lowest BCUT2D eigenvalue weighted by atomic mass is 10.1. The van der Waals surface area contributed by atoms with Crippen LogP contribution in [-0.2, 0) is 6.54 Å². The second kappa shape index (κ2) is 5.57. The Bertz CT molecular complexity index is 576. The van der Waals surface area contributed by atoms with Gasteiger partial charge in [-0.15, -0.1) is 0 Å². The van der Waals surface area contributed by atoms with E-state index in [0.29, 0.717) is 5.56 Å². The van der Waals surface area contributed by atoms with Gasteiger partial charge in [-0.3, -0.25) is 0 Å². The molecule has 0 aliphatic rings. The van der Waals surface area contributed by atoms with Gasteiger partial charge in [-0.05, 0) is 30.7 Å². The highest BCUT2D eigenvalue weighted by Crippen LogP contribution is 2.17. The lowest BCUT2D eigenvalue weighted by Gasteiger charge is -2.20. The van der Waals surface area contributed by atoms with Gasteiger partial charge in [-0.2, -0.15) is 0 Å². The SMILES string of the molecule is Cc1ccc(CN(C)c2cccc(C(=O)O)c2)cc1. The molecule has 0 saturated heterocycles. The second-order valence-corrected chi connectivity index (χ2v) is 4.70. The predicted octanol–water partition coefficient (Wildman–Crippen LogP) is 3.33. The summed E-state index contributed by atoms with van der Waals surface area (Å²) in [6.07, 6.45) is 0. The maximum absolute atomic E-state index is 11.0. The predicted molar refractivity (Wildman–Crippen MR) is 76.7 cm³/mol. The molecule has 0 aliphatic heterocycles. The number of benzene rings is 2. The lowest BCUT2D eigenvalue weighted by Crippen LogP contribution is -2.16. The van der Waals surface area contributed by atoms with Gasteiger partial charge >= 0.3 is 5.97 Å². The number of carbonyl (C=O) groups is 1. The molecule has 0 fully saturated rings. The summed E-state index contributed by atoms with van der Waals surface area (Å²) < 4.78 is 0. The van der Waals surface area contributed by atoms with Crippen LogP contribution in [0.5, 0.6) is 0 Å². The number of carboxylic acid groups (broad SMARTS) is 1. The van der Waals surface area contributed by atoms with Crippen molar-refractivity contribution in [2.45, 2.75) is 13.5 Å². The Morgan fingerprint density at radius 1 is 1.16 bits per heavy atom. The first-order chi connectivity index (χ1) is 9.06. The number of anilines is 1. The summed E-state index contributed by atoms with van der Waals surface area (Å²) in [5.41, 5.74) is 3.65. The highest BCUT2D eigenvalue weighted by molar-refractivity contribution is 5.88. The number of aryl methyl sites for hydroxylation is 1. The summed E-state index contributed by atoms with van der Waals surface area (Å²) in [5, 5.41) is 8.99. The number of hydrogen-bond acceptors (Lipinski definition) is 2. The third-order valence-electron chi connectivity index (χ3n) is 3.07. The van der Waals surface area contributed by atoms with Crippen LogP contribution in [0.2, 0.25) is 0 Å². The Morgan fingerprint density at radius 2 is 1.84 bits per heavy atom. The minimum Gasteiger partial charge on any atom is -0.478 e. The maximum atomic E-state index is 11.0. The van der Waals surface area contributed by atoms with E-state index >= 15 is 0 Å². The minimum atomic E-state index is -0.898. The van der Waals surface area contributed by atoms with Crippen LogP contribution in [0.1, 0.15) is 21.5 Å². The number of carboxylic acids is 1. The lowest BCUT2D eigenvalue weighted by molar-refractivity contribution is 0.0697. The Hall–Kier alpha value is -2.29. The van der Waals surface area contributed by atoms with Crippen molar-refractivity contribution in [2.75, 3.05) is 11.9 Å². The topological polar surface area (TPSA) is 40.5 Å². The van der Waals surface area contributed by atoms with Crippen LogP contribution in [0, 0.1) is 6.92 Å². The van der Waals surface area contributed by atoms with Crippen LogP contribution in [0.3, 0.4) is 0 Å². The van der Waals surface area contributed by atoms with Crippen molar-refractivity contribution in [3.05, 3.63) is 65.2 Å². The van der Waals surface area contributed by atoms with Gasteiger partial charge in [0.15, 0.2) is 0 Å². The molecular formula is C16H17NO2. The van der Waals surface area contributed by atoms with Crippen LogP contribution in [0.15, 0.2) is 48.5 Å². The van der Waals surface area contributed by atoms with Crippen LogP contribution in [0.25, 0.3) is 0 Å². The van der Waals surface area contributed by atoms with Gasteiger partial charge in [-0.1, -0.05) is 35.9 Å². The van der Waals surface area contributed by atoms with E-state index in [1.54, 1.807) is 18.2 Å². The zero-order chi connectivity index (χ0) is 13.8. The van der Waals surface area contributed by atoms with Gasteiger partial charge in [0, 0.05) is 19.3 Å². The van der Waals surface area contributed by atoms with E-state index in [1.807, 2.05) is 18.0 Å². The summed E-state index contributed by atoms with van der Waals surface area (Å²) in [6, 6.07) is 15.3. The van der Waals surface area contributed by atoms with E-state index < -0.39 is 5.97 Å². The molecule has 0 aromatic heterocycles. The molecule has 3 heteroatoms. The Kier molecular flexibility index (Phi) is 3.85. The molecule has 0 amide bonds. The van der Waals surface area contributed by atoms with E-state index in [2.05, 4.69) is 31.2 Å². The van der Waals surface area contributed by atoms with E-state index in [1.165, 1.54) is 11.1 Å². The van der Waals surface area contributed by atoms with Gasteiger partial charge in [0.2, 0.25) is 0 Å². The van der Waals surface area contributed by atoms with E-state index in [0.717, 1.165) is 12.2 Å². The summed E-state index contributed by atoms with van der Waals surface area (Å²) in [5.74, 6) is -0.898. The molecular weight excluding hydrogens is 238 g/mol. The summed E-state index contributed by atoms with van der Waals surface area (Å²) in [7, 11) is 1.96. The molecule has 2 rings (SSSR count). The second-order valence-electron chi connectivity index (χ2n) is 4.70. The molecule has 0 aliphatic carbocycles. The summed E-state index contributed by atoms with van der Waals surface area (Å²) in [4.78, 5) is 13.0. The smallest absolute Gasteiger partial charge is 0.335 e. The quantitative estimate of drug-likeness (QED) is 0.911. The van der Waals surface area contributed by atoms with E-state index in [9.17, 15) is 4.79 Å². The monoisotopic (exact) mass is 255 g/mol. The van der Waals surface area contributed by atoms with Gasteiger partial charge in [0.05, 0.1) is 5.56 Å². The van der Waals surface area contributed by atoms with Gasteiger partial charge in [0.25, 0.3) is 0 Å². The number of rotatable bonds is 4. The largest absolute Gasteiger partial charge is 0.478 e. The van der Waals surface area contributed by atoms with E-state index in [4.69, 9.17) is 5.11 Å². The van der Waals surface area contributed by atoms with Crippen molar-refractivity contribution in [3.63, 3.8) is 0 Å². The van der Waals surface area contributed by atoms with Crippen LogP contribution >= 0.6 is 0 Å². The first kappa shape index (κ1) is 13.1. The first-order valence-electron chi connectivity index (χ1n) is 6.16. The Labute approximate surface area is 113 Å². The highest BCUT2D eigenvalue weighted by Gasteiger charge is 2.06. The zero-order valence-electron chi connectivity index (χ0n) is 11.1. The van der Waals surface area contributed by atoms with Crippen LogP contribution in [-0.4, -0.2) is 18.1 Å². The standard InChI is InChI=1S/C16H17NO2/c1-12-6-8-13(9-7-12)11-17(2)15-5-3-4-14(10-15)16(18)19/h3-10H,11H2,1-2H3,(H,18,19). The Balaban J connectivity index is 2.15. The fourth-order valence-corrected chi connectivity index (χ4v) is 1.94. The Morgan fingerprint density at radius 3 is 2.47 bits per heavy atom. The molecule has 1 N–H and O–H groups in total. The number of aromatic carboxylic acids is 1. The number of hydrogen-bond donors (Lipinski definition) is 1. The molecule has 2 aromatic carbocycles. The molecule has 0 spiro atoms. The normalized spacial score (nSPS) is 10.2. The van der Waals surface area contributed by atoms with Gasteiger partial charge in [0.1, 0.15) is 0 Å². The molecule has 0 saturated carbocycles. The summed E-state index contributed by atoms with van der Waals surface area (Å²) >= 11 is 0. The van der Waals surface area contributed by atoms with Crippen molar-refractivity contribution in [3.8, 4) is 0 Å². The third kappa shape index (κ3) is 3.35.